The zero-order valence-corrected chi connectivity index (χ0v) is 29.4. The van der Waals surface area contributed by atoms with Crippen LogP contribution in [0.15, 0.2) is 180 Å². The number of fused-ring (bicyclic) bond motifs is 13. The quantitative estimate of drug-likeness (QED) is 0.183. The van der Waals surface area contributed by atoms with Crippen LogP contribution in [0.25, 0.3) is 78.0 Å². The van der Waals surface area contributed by atoms with E-state index in [0.717, 1.165) is 77.6 Å². The van der Waals surface area contributed by atoms with Crippen LogP contribution in [0.2, 0.25) is 0 Å². The van der Waals surface area contributed by atoms with Crippen LogP contribution in [0.4, 0.5) is 0 Å². The Balaban J connectivity index is 1.10. The van der Waals surface area contributed by atoms with Gasteiger partial charge >= 0.3 is 0 Å². The fraction of sp³-hybridized carbons (Fsp3) is 0.0200. The van der Waals surface area contributed by atoms with Gasteiger partial charge in [-0.25, -0.2) is 15.0 Å². The maximum absolute atomic E-state index is 6.54. The fourth-order valence-electron chi connectivity index (χ4n) is 9.04. The summed E-state index contributed by atoms with van der Waals surface area (Å²) in [6.07, 6.45) is 0. The first-order valence-electron chi connectivity index (χ1n) is 18.5. The molecule has 0 saturated heterocycles. The van der Waals surface area contributed by atoms with Crippen molar-refractivity contribution in [1.29, 1.82) is 0 Å². The second kappa shape index (κ2) is 11.3. The van der Waals surface area contributed by atoms with Crippen molar-refractivity contribution in [3.8, 4) is 56.8 Å². The smallest absolute Gasteiger partial charge is 0.164 e. The summed E-state index contributed by atoms with van der Waals surface area (Å²) < 4.78 is 13.0. The molecule has 2 aromatic heterocycles. The van der Waals surface area contributed by atoms with Gasteiger partial charge < -0.3 is 9.15 Å². The molecule has 1 aliphatic heterocycles. The van der Waals surface area contributed by atoms with Crippen molar-refractivity contribution in [1.82, 2.24) is 15.0 Å². The lowest BCUT2D eigenvalue weighted by molar-refractivity contribution is 0.436. The molecular formula is C50H29N3O2. The summed E-state index contributed by atoms with van der Waals surface area (Å²) >= 11 is 0. The molecule has 0 atom stereocenters. The topological polar surface area (TPSA) is 61.0 Å². The molecule has 12 rings (SSSR count). The Labute approximate surface area is 316 Å². The van der Waals surface area contributed by atoms with Crippen LogP contribution in [0.5, 0.6) is 11.5 Å². The number of aromatic nitrogens is 3. The summed E-state index contributed by atoms with van der Waals surface area (Å²) in [5.41, 5.74) is 10.9. The Morgan fingerprint density at radius 2 is 0.982 bits per heavy atom. The Bertz CT molecular complexity index is 3160. The highest BCUT2D eigenvalue weighted by molar-refractivity contribution is 6.15. The Kier molecular flexibility index (Phi) is 6.20. The molecular weight excluding hydrogens is 675 g/mol. The molecule has 1 spiro atoms. The molecule has 55 heavy (non-hydrogen) atoms. The van der Waals surface area contributed by atoms with Gasteiger partial charge in [0.1, 0.15) is 22.7 Å². The van der Waals surface area contributed by atoms with Crippen molar-refractivity contribution in [2.24, 2.45) is 0 Å². The van der Waals surface area contributed by atoms with Gasteiger partial charge in [-0.3, -0.25) is 0 Å². The molecule has 0 unspecified atom stereocenters. The van der Waals surface area contributed by atoms with Crippen LogP contribution in [-0.4, -0.2) is 15.0 Å². The second-order valence-corrected chi connectivity index (χ2v) is 14.3. The number of para-hydroxylation sites is 2. The average Bonchev–Trinajstić information content (AvgIpc) is 3.76. The first kappa shape index (κ1) is 30.1. The lowest BCUT2D eigenvalue weighted by Crippen LogP contribution is -2.32. The Morgan fingerprint density at radius 3 is 1.76 bits per heavy atom. The Morgan fingerprint density at radius 1 is 0.382 bits per heavy atom. The van der Waals surface area contributed by atoms with Gasteiger partial charge in [0.05, 0.1) is 5.41 Å². The molecule has 2 aliphatic rings. The van der Waals surface area contributed by atoms with Crippen LogP contribution < -0.4 is 4.74 Å². The molecule has 3 heterocycles. The Hall–Kier alpha value is -7.37. The van der Waals surface area contributed by atoms with Gasteiger partial charge in [0, 0.05) is 38.6 Å². The monoisotopic (exact) mass is 703 g/mol. The van der Waals surface area contributed by atoms with E-state index < -0.39 is 5.41 Å². The van der Waals surface area contributed by atoms with E-state index in [0.29, 0.717) is 17.5 Å². The van der Waals surface area contributed by atoms with Crippen LogP contribution in [-0.2, 0) is 5.41 Å². The molecule has 0 saturated carbocycles. The minimum atomic E-state index is -0.544. The molecule has 0 radical (unpaired) electrons. The molecule has 1 aliphatic carbocycles. The third kappa shape index (κ3) is 4.26. The lowest BCUT2D eigenvalue weighted by Gasteiger charge is -2.39. The van der Waals surface area contributed by atoms with Crippen molar-refractivity contribution in [3.05, 3.63) is 198 Å². The SMILES string of the molecule is c1ccc(-c2nc(-c3ccc4c(c3)-c3ccccc3C43c4ccccc4Oc4ccccc43)nc(-c3cccc4oc5cc6ccccc6cc5c34)n2)cc1. The van der Waals surface area contributed by atoms with E-state index in [4.69, 9.17) is 24.1 Å². The van der Waals surface area contributed by atoms with E-state index in [2.05, 4.69) is 121 Å². The molecule has 10 aromatic rings. The number of ether oxygens (including phenoxy) is 1. The van der Waals surface area contributed by atoms with Crippen LogP contribution >= 0.6 is 0 Å². The summed E-state index contributed by atoms with van der Waals surface area (Å²) in [7, 11) is 0. The minimum Gasteiger partial charge on any atom is -0.457 e. The van der Waals surface area contributed by atoms with Crippen molar-refractivity contribution in [2.45, 2.75) is 5.41 Å². The van der Waals surface area contributed by atoms with E-state index in [1.807, 2.05) is 54.6 Å². The van der Waals surface area contributed by atoms with Crippen LogP contribution in [0, 0.1) is 0 Å². The van der Waals surface area contributed by atoms with Gasteiger partial charge in [-0.15, -0.1) is 0 Å². The third-order valence-corrected chi connectivity index (χ3v) is 11.4. The number of rotatable bonds is 3. The highest BCUT2D eigenvalue weighted by Crippen LogP contribution is 2.62. The first-order valence-corrected chi connectivity index (χ1v) is 18.5. The maximum Gasteiger partial charge on any atom is 0.164 e. The van der Waals surface area contributed by atoms with Gasteiger partial charge in [0.15, 0.2) is 17.5 Å². The molecule has 8 aromatic carbocycles. The lowest BCUT2D eigenvalue weighted by atomic mass is 9.66. The first-order chi connectivity index (χ1) is 27.2. The predicted octanol–water partition coefficient (Wildman–Crippen LogP) is 12.4. The maximum atomic E-state index is 6.54. The van der Waals surface area contributed by atoms with Crippen LogP contribution in [0.1, 0.15) is 22.3 Å². The van der Waals surface area contributed by atoms with Gasteiger partial charge in [-0.2, -0.15) is 0 Å². The van der Waals surface area contributed by atoms with Crippen molar-refractivity contribution in [3.63, 3.8) is 0 Å². The molecule has 5 heteroatoms. The summed E-state index contributed by atoms with van der Waals surface area (Å²) in [5.74, 6) is 3.55. The molecule has 0 N–H and O–H groups in total. The number of benzene rings is 8. The van der Waals surface area contributed by atoms with Crippen LogP contribution in [0.3, 0.4) is 0 Å². The number of furan rings is 1. The van der Waals surface area contributed by atoms with Crippen molar-refractivity contribution >= 4 is 32.7 Å². The number of hydrogen-bond acceptors (Lipinski definition) is 5. The summed E-state index contributed by atoms with van der Waals surface area (Å²) in [5, 5.41) is 4.31. The highest BCUT2D eigenvalue weighted by atomic mass is 16.5. The van der Waals surface area contributed by atoms with Gasteiger partial charge in [0.25, 0.3) is 0 Å². The standard InChI is InChI=1S/C50H29N3O2/c1-2-13-30(14-3-1)47-51-48(53-49(52-47)35-18-12-24-44-46(35)37-27-31-15-4-5-16-32(31)29-45(37)55-44)33-25-26-39-36(28-33)34-17-6-7-19-38(34)50(39)40-20-8-10-22-42(40)54-43-23-11-9-21-41(43)50/h1-29H. The van der Waals surface area contributed by atoms with E-state index in [9.17, 15) is 0 Å². The van der Waals surface area contributed by atoms with E-state index in [-0.39, 0.29) is 0 Å². The number of hydrogen-bond donors (Lipinski definition) is 0. The van der Waals surface area contributed by atoms with E-state index in [1.165, 1.54) is 16.7 Å². The van der Waals surface area contributed by atoms with E-state index in [1.54, 1.807) is 0 Å². The van der Waals surface area contributed by atoms with Crippen molar-refractivity contribution < 1.29 is 9.15 Å². The highest BCUT2D eigenvalue weighted by Gasteiger charge is 2.51. The summed E-state index contributed by atoms with van der Waals surface area (Å²) in [6, 6.07) is 61.3. The summed E-state index contributed by atoms with van der Waals surface area (Å²) in [6.45, 7) is 0. The van der Waals surface area contributed by atoms with Gasteiger partial charge in [-0.1, -0.05) is 140 Å². The van der Waals surface area contributed by atoms with Crippen molar-refractivity contribution in [2.75, 3.05) is 0 Å². The van der Waals surface area contributed by atoms with Gasteiger partial charge in [0.2, 0.25) is 0 Å². The molecule has 256 valence electrons. The molecule has 5 nitrogen and oxygen atoms in total. The summed E-state index contributed by atoms with van der Waals surface area (Å²) in [4.78, 5) is 15.6. The zero-order chi connectivity index (χ0) is 36.1. The molecule has 0 bridgehead atoms. The van der Waals surface area contributed by atoms with E-state index >= 15 is 0 Å². The molecule has 0 fully saturated rings. The normalized spacial score (nSPS) is 13.4. The second-order valence-electron chi connectivity index (χ2n) is 14.3. The minimum absolute atomic E-state index is 0.544. The molecule has 0 amide bonds. The number of nitrogens with zero attached hydrogens (tertiary/aromatic N) is 3. The fourth-order valence-corrected chi connectivity index (χ4v) is 9.04. The average molecular weight is 704 g/mol. The zero-order valence-electron chi connectivity index (χ0n) is 29.4. The van der Waals surface area contributed by atoms with Gasteiger partial charge in [-0.05, 0) is 69.4 Å². The third-order valence-electron chi connectivity index (χ3n) is 11.4. The largest absolute Gasteiger partial charge is 0.457 e. The predicted molar refractivity (Wildman–Crippen MR) is 218 cm³/mol.